The van der Waals surface area contributed by atoms with E-state index < -0.39 is 0 Å². The average Bonchev–Trinajstić information content (AvgIpc) is 3.39. The van der Waals surface area contributed by atoms with Gasteiger partial charge in [0.15, 0.2) is 5.17 Å². The lowest BCUT2D eigenvalue weighted by molar-refractivity contribution is -0.113. The molecule has 2 aliphatic heterocycles. The van der Waals surface area contributed by atoms with Crippen molar-refractivity contribution in [2.24, 2.45) is 4.99 Å². The van der Waals surface area contributed by atoms with Crippen LogP contribution in [0.2, 0.25) is 0 Å². The topological polar surface area (TPSA) is 58.0 Å². The molecule has 1 amide bonds. The molecule has 3 aromatic carbocycles. The van der Waals surface area contributed by atoms with Gasteiger partial charge in [-0.05, 0) is 60.3 Å². The number of rotatable bonds is 3. The molecule has 1 saturated heterocycles. The van der Waals surface area contributed by atoms with E-state index >= 15 is 0 Å². The Hall–Kier alpha value is -3.75. The first-order valence-electron chi connectivity index (χ1n) is 11.0. The Bertz CT molecular complexity index is 1540. The van der Waals surface area contributed by atoms with Gasteiger partial charge in [0.05, 0.1) is 34.7 Å². The number of para-hydroxylation sites is 1. The second-order valence-electron chi connectivity index (χ2n) is 7.98. The second kappa shape index (κ2) is 8.79. The van der Waals surface area contributed by atoms with Gasteiger partial charge in [0.2, 0.25) is 0 Å². The highest BCUT2D eigenvalue weighted by atomic mass is 32.2. The Morgan fingerprint density at radius 2 is 1.80 bits per heavy atom. The molecule has 6 rings (SSSR count). The zero-order chi connectivity index (χ0) is 23.9. The van der Waals surface area contributed by atoms with Gasteiger partial charge in [-0.3, -0.25) is 14.7 Å². The van der Waals surface area contributed by atoms with Crippen LogP contribution in [0.5, 0.6) is 5.75 Å². The van der Waals surface area contributed by atoms with Crippen molar-refractivity contribution in [3.63, 3.8) is 0 Å². The van der Waals surface area contributed by atoms with Crippen molar-refractivity contribution in [1.29, 1.82) is 0 Å². The summed E-state index contributed by atoms with van der Waals surface area (Å²) >= 11 is 2.99. The molecule has 2 aliphatic rings. The van der Waals surface area contributed by atoms with Crippen LogP contribution in [0.4, 0.5) is 17.1 Å². The standard InChI is InChI=1S/C27H20N4O2S2/c1-30-22-16-20(33-2)11-13-23(22)34-26(30)24-25(32)31(19-8-4-3-5-9-19)27(35-24)29-18-10-12-21-17(15-18)7-6-14-28-21/h3-16H,1-2H3/b26-24+,29-27?. The molecular weight excluding hydrogens is 476 g/mol. The number of aliphatic imine (C=N–C) groups is 1. The number of carbonyl (C=O) groups is 1. The first kappa shape index (κ1) is 21.8. The number of amidine groups is 1. The van der Waals surface area contributed by atoms with Gasteiger partial charge in [-0.1, -0.05) is 36.0 Å². The number of amides is 1. The smallest absolute Gasteiger partial charge is 0.274 e. The third-order valence-electron chi connectivity index (χ3n) is 5.84. The number of hydrogen-bond acceptors (Lipinski definition) is 7. The Morgan fingerprint density at radius 1 is 0.943 bits per heavy atom. The minimum Gasteiger partial charge on any atom is -0.497 e. The molecule has 0 atom stereocenters. The van der Waals surface area contributed by atoms with Crippen LogP contribution < -0.4 is 14.5 Å². The fourth-order valence-corrected chi connectivity index (χ4v) is 6.40. The van der Waals surface area contributed by atoms with E-state index in [-0.39, 0.29) is 5.91 Å². The lowest BCUT2D eigenvalue weighted by Gasteiger charge is -2.17. The van der Waals surface area contributed by atoms with E-state index in [0.717, 1.165) is 43.6 Å². The van der Waals surface area contributed by atoms with Crippen LogP contribution in [0.15, 0.2) is 105 Å². The van der Waals surface area contributed by atoms with Gasteiger partial charge in [0.25, 0.3) is 5.91 Å². The lowest BCUT2D eigenvalue weighted by Crippen LogP contribution is -2.29. The van der Waals surface area contributed by atoms with E-state index in [1.165, 1.54) is 11.8 Å². The predicted octanol–water partition coefficient (Wildman–Crippen LogP) is 6.42. The molecule has 35 heavy (non-hydrogen) atoms. The molecule has 0 saturated carbocycles. The van der Waals surface area contributed by atoms with Crippen LogP contribution in [-0.4, -0.2) is 30.2 Å². The van der Waals surface area contributed by atoms with Gasteiger partial charge in [-0.15, -0.1) is 0 Å². The van der Waals surface area contributed by atoms with Crippen LogP contribution >= 0.6 is 23.5 Å². The quantitative estimate of drug-likeness (QED) is 0.305. The molecule has 0 radical (unpaired) electrons. The summed E-state index contributed by atoms with van der Waals surface area (Å²) in [5.74, 6) is 0.698. The van der Waals surface area contributed by atoms with Crippen molar-refractivity contribution in [2.45, 2.75) is 4.90 Å². The minimum atomic E-state index is -0.0865. The number of benzene rings is 3. The number of nitrogens with zero attached hydrogens (tertiary/aromatic N) is 4. The molecule has 0 unspecified atom stereocenters. The normalized spacial score (nSPS) is 18.6. The summed E-state index contributed by atoms with van der Waals surface area (Å²) in [5.41, 5.74) is 3.48. The zero-order valence-corrected chi connectivity index (χ0v) is 20.6. The molecule has 0 N–H and O–H groups in total. The fraction of sp³-hybridized carbons (Fsp3) is 0.0741. The highest BCUT2D eigenvalue weighted by Gasteiger charge is 2.40. The van der Waals surface area contributed by atoms with E-state index in [1.54, 1.807) is 30.0 Å². The molecule has 0 spiro atoms. The van der Waals surface area contributed by atoms with Gasteiger partial charge in [-0.25, -0.2) is 4.99 Å². The van der Waals surface area contributed by atoms with E-state index in [0.29, 0.717) is 10.1 Å². The number of methoxy groups -OCH3 is 1. The molecule has 0 aliphatic carbocycles. The molecule has 172 valence electrons. The molecule has 6 nitrogen and oxygen atoms in total. The Morgan fingerprint density at radius 3 is 2.63 bits per heavy atom. The summed E-state index contributed by atoms with van der Waals surface area (Å²) in [7, 11) is 3.63. The Kier molecular flexibility index (Phi) is 5.47. The highest BCUT2D eigenvalue weighted by molar-refractivity contribution is 8.20. The SMILES string of the molecule is COc1ccc2c(c1)N(C)/C(=C1\SC(=Nc3ccc4ncccc4c3)N(c3ccccc3)C1=O)S2. The second-order valence-corrected chi connectivity index (χ2v) is 9.99. The third-order valence-corrected chi connectivity index (χ3v) is 8.23. The summed E-state index contributed by atoms with van der Waals surface area (Å²) in [6, 6.07) is 25.4. The number of anilines is 2. The van der Waals surface area contributed by atoms with Gasteiger partial charge in [0, 0.05) is 29.6 Å². The van der Waals surface area contributed by atoms with Crippen LogP contribution in [-0.2, 0) is 4.79 Å². The van der Waals surface area contributed by atoms with Crippen molar-refractivity contribution >= 4 is 62.6 Å². The van der Waals surface area contributed by atoms with E-state index in [2.05, 4.69) is 9.88 Å². The molecule has 1 fully saturated rings. The van der Waals surface area contributed by atoms with Crippen molar-refractivity contribution in [2.75, 3.05) is 24.0 Å². The van der Waals surface area contributed by atoms with E-state index in [1.807, 2.05) is 85.9 Å². The summed E-state index contributed by atoms with van der Waals surface area (Å²) in [6.07, 6.45) is 1.78. The van der Waals surface area contributed by atoms with Gasteiger partial charge >= 0.3 is 0 Å². The number of fused-ring (bicyclic) bond motifs is 2. The number of thioether (sulfide) groups is 2. The number of aromatic nitrogens is 1. The summed E-state index contributed by atoms with van der Waals surface area (Å²) in [5, 5.41) is 2.51. The van der Waals surface area contributed by atoms with Crippen LogP contribution in [0, 0.1) is 0 Å². The first-order chi connectivity index (χ1) is 17.1. The monoisotopic (exact) mass is 496 g/mol. The molecule has 0 bridgehead atoms. The largest absolute Gasteiger partial charge is 0.497 e. The lowest BCUT2D eigenvalue weighted by atomic mass is 10.2. The number of ether oxygens (including phenoxy) is 1. The van der Waals surface area contributed by atoms with Crippen molar-refractivity contribution in [1.82, 2.24) is 4.98 Å². The minimum absolute atomic E-state index is 0.0865. The molecule has 1 aromatic heterocycles. The average molecular weight is 497 g/mol. The van der Waals surface area contributed by atoms with Crippen molar-refractivity contribution in [3.05, 3.63) is 95.0 Å². The van der Waals surface area contributed by atoms with Gasteiger partial charge in [0.1, 0.15) is 10.7 Å². The summed E-state index contributed by atoms with van der Waals surface area (Å²) in [6.45, 7) is 0. The van der Waals surface area contributed by atoms with Gasteiger partial charge < -0.3 is 9.64 Å². The molecule has 8 heteroatoms. The molecule has 3 heterocycles. The fourth-order valence-electron chi connectivity index (χ4n) is 4.08. The van der Waals surface area contributed by atoms with E-state index in [4.69, 9.17) is 9.73 Å². The maximum Gasteiger partial charge on any atom is 0.274 e. The highest BCUT2D eigenvalue weighted by Crippen LogP contribution is 2.51. The summed E-state index contributed by atoms with van der Waals surface area (Å²) < 4.78 is 5.40. The number of hydrogen-bond donors (Lipinski definition) is 0. The Balaban J connectivity index is 1.45. The maximum absolute atomic E-state index is 13.8. The van der Waals surface area contributed by atoms with Crippen molar-refractivity contribution < 1.29 is 9.53 Å². The molecule has 4 aromatic rings. The Labute approximate surface area is 211 Å². The van der Waals surface area contributed by atoms with Crippen LogP contribution in [0.1, 0.15) is 0 Å². The maximum atomic E-state index is 13.8. The number of pyridine rings is 1. The van der Waals surface area contributed by atoms with Crippen LogP contribution in [0.3, 0.4) is 0 Å². The van der Waals surface area contributed by atoms with Crippen molar-refractivity contribution in [3.8, 4) is 5.75 Å². The van der Waals surface area contributed by atoms with E-state index in [9.17, 15) is 4.79 Å². The zero-order valence-electron chi connectivity index (χ0n) is 19.0. The third kappa shape index (κ3) is 3.84. The molecular formula is C27H20N4O2S2. The number of carbonyl (C=O) groups excluding carboxylic acids is 1. The first-order valence-corrected chi connectivity index (χ1v) is 12.6. The summed E-state index contributed by atoms with van der Waals surface area (Å²) in [4.78, 5) is 28.6. The predicted molar refractivity (Wildman–Crippen MR) is 145 cm³/mol. The van der Waals surface area contributed by atoms with Crippen LogP contribution in [0.25, 0.3) is 10.9 Å². The van der Waals surface area contributed by atoms with Gasteiger partial charge in [-0.2, -0.15) is 0 Å².